The van der Waals surface area contributed by atoms with Gasteiger partial charge in [-0.25, -0.2) is 9.18 Å². The predicted molar refractivity (Wildman–Crippen MR) is 85.2 cm³/mol. The van der Waals surface area contributed by atoms with Gasteiger partial charge in [0.05, 0.1) is 6.54 Å². The Morgan fingerprint density at radius 1 is 1.00 bits per heavy atom. The number of fused-ring (bicyclic) bond motifs is 1. The Balaban J connectivity index is 2.17. The van der Waals surface area contributed by atoms with Crippen LogP contribution in [0.5, 0.6) is 0 Å². The summed E-state index contributed by atoms with van der Waals surface area (Å²) in [6, 6.07) is 5.53. The van der Waals surface area contributed by atoms with Gasteiger partial charge in [-0.15, -0.1) is 0 Å². The molecule has 0 fully saturated rings. The molecule has 0 atom stereocenters. The van der Waals surface area contributed by atoms with E-state index in [-0.39, 0.29) is 23.6 Å². The van der Waals surface area contributed by atoms with Crippen molar-refractivity contribution in [3.05, 3.63) is 75.4 Å². The Kier molecular flexibility index (Phi) is 3.89. The summed E-state index contributed by atoms with van der Waals surface area (Å²) < 4.78 is 19.4. The first kappa shape index (κ1) is 15.9. The second-order valence-electron chi connectivity index (χ2n) is 5.32. The Bertz CT molecular complexity index is 958. The lowest BCUT2D eigenvalue weighted by molar-refractivity contribution is -0.111. The SMILES string of the molecule is CC=C1C(=O)C(=O)c2c(oc(=O)n2Cc2ccc(F)cc2)C1=CC. The van der Waals surface area contributed by atoms with Crippen LogP contribution in [-0.4, -0.2) is 16.1 Å². The molecule has 0 N–H and O–H groups in total. The highest BCUT2D eigenvalue weighted by atomic mass is 19.1. The fourth-order valence-electron chi connectivity index (χ4n) is 2.78. The van der Waals surface area contributed by atoms with Crippen molar-refractivity contribution >= 4 is 17.1 Å². The second kappa shape index (κ2) is 5.88. The number of nitrogens with zero attached hydrogens (tertiary/aromatic N) is 1. The van der Waals surface area contributed by atoms with Gasteiger partial charge in [-0.1, -0.05) is 24.3 Å². The lowest BCUT2D eigenvalue weighted by Gasteiger charge is -2.16. The highest BCUT2D eigenvalue weighted by Crippen LogP contribution is 2.32. The maximum Gasteiger partial charge on any atom is 0.420 e. The second-order valence-corrected chi connectivity index (χ2v) is 5.32. The molecule has 1 aromatic heterocycles. The summed E-state index contributed by atoms with van der Waals surface area (Å²) in [6.45, 7) is 3.35. The summed E-state index contributed by atoms with van der Waals surface area (Å²) in [6.07, 6.45) is 3.15. The molecule has 6 heteroatoms. The zero-order valence-corrected chi connectivity index (χ0v) is 13.1. The first-order valence-electron chi connectivity index (χ1n) is 7.38. The number of hydrogen-bond acceptors (Lipinski definition) is 4. The van der Waals surface area contributed by atoms with Crippen LogP contribution < -0.4 is 5.76 Å². The van der Waals surface area contributed by atoms with Crippen molar-refractivity contribution in [1.29, 1.82) is 0 Å². The Hall–Kier alpha value is -3.02. The molecule has 1 aliphatic carbocycles. The van der Waals surface area contributed by atoms with Crippen molar-refractivity contribution in [2.75, 3.05) is 0 Å². The van der Waals surface area contributed by atoms with Crippen molar-refractivity contribution in [2.24, 2.45) is 0 Å². The van der Waals surface area contributed by atoms with Gasteiger partial charge in [0.2, 0.25) is 5.78 Å². The van der Waals surface area contributed by atoms with Crippen molar-refractivity contribution in [3.8, 4) is 0 Å². The molecular weight excluding hydrogens is 313 g/mol. The highest BCUT2D eigenvalue weighted by Gasteiger charge is 2.38. The molecule has 0 aliphatic heterocycles. The van der Waals surface area contributed by atoms with E-state index in [1.165, 1.54) is 30.3 Å². The molecule has 0 radical (unpaired) electrons. The van der Waals surface area contributed by atoms with E-state index in [9.17, 15) is 18.8 Å². The van der Waals surface area contributed by atoms with Crippen molar-refractivity contribution in [1.82, 2.24) is 4.57 Å². The Morgan fingerprint density at radius 3 is 2.21 bits per heavy atom. The van der Waals surface area contributed by atoms with Gasteiger partial charge in [0.1, 0.15) is 11.5 Å². The maximum atomic E-state index is 13.0. The fraction of sp³-hybridized carbons (Fsp3) is 0.167. The van der Waals surface area contributed by atoms with Gasteiger partial charge in [0.15, 0.2) is 5.76 Å². The quantitative estimate of drug-likeness (QED) is 0.628. The average molecular weight is 327 g/mol. The lowest BCUT2D eigenvalue weighted by Crippen LogP contribution is -2.28. The molecule has 0 amide bonds. The van der Waals surface area contributed by atoms with Gasteiger partial charge < -0.3 is 4.42 Å². The number of aromatic nitrogens is 1. The number of halogens is 1. The number of carbonyl (C=O) groups is 2. The number of allylic oxidation sites excluding steroid dienone is 4. The summed E-state index contributed by atoms with van der Waals surface area (Å²) in [5, 5.41) is 0. The molecule has 1 heterocycles. The van der Waals surface area contributed by atoms with Gasteiger partial charge in [-0.3, -0.25) is 14.2 Å². The average Bonchev–Trinajstić information content (AvgIpc) is 2.89. The molecule has 1 aromatic carbocycles. The number of rotatable bonds is 2. The molecule has 0 saturated carbocycles. The van der Waals surface area contributed by atoms with E-state index >= 15 is 0 Å². The molecule has 0 unspecified atom stereocenters. The van der Waals surface area contributed by atoms with Crippen LogP contribution >= 0.6 is 0 Å². The lowest BCUT2D eigenvalue weighted by atomic mass is 9.88. The van der Waals surface area contributed by atoms with Crippen LogP contribution in [0.3, 0.4) is 0 Å². The number of oxazole rings is 1. The molecule has 2 aromatic rings. The molecule has 0 saturated heterocycles. The number of Topliss-reactive ketones (excluding diaryl/α,β-unsaturated/α-hetero) is 2. The third-order valence-corrected chi connectivity index (χ3v) is 3.93. The van der Waals surface area contributed by atoms with Crippen LogP contribution in [0, 0.1) is 5.82 Å². The number of hydrogen-bond donors (Lipinski definition) is 0. The molecule has 24 heavy (non-hydrogen) atoms. The van der Waals surface area contributed by atoms with Crippen LogP contribution in [0.1, 0.15) is 35.7 Å². The van der Waals surface area contributed by atoms with E-state index in [1.54, 1.807) is 19.9 Å². The highest BCUT2D eigenvalue weighted by molar-refractivity contribution is 6.54. The minimum Gasteiger partial charge on any atom is -0.407 e. The zero-order chi connectivity index (χ0) is 17.4. The summed E-state index contributed by atoms with van der Waals surface area (Å²) in [4.78, 5) is 36.9. The molecule has 1 aliphatic rings. The van der Waals surface area contributed by atoms with Gasteiger partial charge >= 0.3 is 5.76 Å². The van der Waals surface area contributed by atoms with Crippen LogP contribution in [-0.2, 0) is 11.3 Å². The number of ketones is 2. The number of carbonyl (C=O) groups excluding carboxylic acids is 2. The zero-order valence-electron chi connectivity index (χ0n) is 13.1. The molecule has 122 valence electrons. The third kappa shape index (κ3) is 2.36. The molecule has 3 rings (SSSR count). The van der Waals surface area contributed by atoms with E-state index in [2.05, 4.69) is 0 Å². The molecular formula is C18H14FNO4. The van der Waals surface area contributed by atoms with E-state index in [0.717, 1.165) is 4.57 Å². The van der Waals surface area contributed by atoms with E-state index in [0.29, 0.717) is 11.1 Å². The van der Waals surface area contributed by atoms with Gasteiger partial charge in [-0.2, -0.15) is 0 Å². The normalized spacial score (nSPS) is 17.6. The maximum absolute atomic E-state index is 13.0. The molecule has 5 nitrogen and oxygen atoms in total. The van der Waals surface area contributed by atoms with Crippen molar-refractivity contribution < 1.29 is 18.4 Å². The standard InChI is InChI=1S/C18H14FNO4/c1-3-12-13(4-2)17-14(16(22)15(12)21)20(18(23)24-17)9-10-5-7-11(19)8-6-10/h3-8H,9H2,1-2H3. The Morgan fingerprint density at radius 2 is 1.62 bits per heavy atom. The van der Waals surface area contributed by atoms with Crippen LogP contribution in [0.25, 0.3) is 5.57 Å². The minimum atomic E-state index is -0.781. The molecule has 0 bridgehead atoms. The first-order valence-corrected chi connectivity index (χ1v) is 7.38. The fourth-order valence-corrected chi connectivity index (χ4v) is 2.78. The smallest absolute Gasteiger partial charge is 0.407 e. The predicted octanol–water partition coefficient (Wildman–Crippen LogP) is 2.74. The number of benzene rings is 1. The van der Waals surface area contributed by atoms with Crippen molar-refractivity contribution in [3.63, 3.8) is 0 Å². The van der Waals surface area contributed by atoms with Gasteiger partial charge in [0, 0.05) is 11.1 Å². The van der Waals surface area contributed by atoms with Crippen LogP contribution in [0.4, 0.5) is 4.39 Å². The van der Waals surface area contributed by atoms with E-state index < -0.39 is 23.1 Å². The summed E-state index contributed by atoms with van der Waals surface area (Å²) in [5.74, 6) is -2.49. The van der Waals surface area contributed by atoms with E-state index in [4.69, 9.17) is 4.42 Å². The van der Waals surface area contributed by atoms with Crippen molar-refractivity contribution in [2.45, 2.75) is 20.4 Å². The largest absolute Gasteiger partial charge is 0.420 e. The Labute approximate surface area is 136 Å². The minimum absolute atomic E-state index is 0.0130. The van der Waals surface area contributed by atoms with Gasteiger partial charge in [-0.05, 0) is 31.5 Å². The third-order valence-electron chi connectivity index (χ3n) is 3.93. The van der Waals surface area contributed by atoms with Crippen LogP contribution in [0.2, 0.25) is 0 Å². The summed E-state index contributed by atoms with van der Waals surface area (Å²) >= 11 is 0. The topological polar surface area (TPSA) is 69.3 Å². The summed E-state index contributed by atoms with van der Waals surface area (Å²) in [5.41, 5.74) is 1.19. The monoisotopic (exact) mass is 327 g/mol. The van der Waals surface area contributed by atoms with E-state index in [1.807, 2.05) is 0 Å². The first-order chi connectivity index (χ1) is 11.5. The van der Waals surface area contributed by atoms with Gasteiger partial charge in [0.25, 0.3) is 5.78 Å². The van der Waals surface area contributed by atoms with Crippen LogP contribution in [0.15, 0.2) is 51.2 Å². The summed E-state index contributed by atoms with van der Waals surface area (Å²) in [7, 11) is 0. The molecule has 0 spiro atoms.